The molecule has 1 amide bonds. The number of carbonyl (C=O) groups is 1. The summed E-state index contributed by atoms with van der Waals surface area (Å²) >= 11 is 0. The zero-order chi connectivity index (χ0) is 11.5. The number of ether oxygens (including phenoxy) is 1. The van der Waals surface area contributed by atoms with Crippen molar-refractivity contribution in [3.05, 3.63) is 23.8 Å². The predicted octanol–water partition coefficient (Wildman–Crippen LogP) is 1.68. The van der Waals surface area contributed by atoms with Crippen LogP contribution in [0.2, 0.25) is 0 Å². The van der Waals surface area contributed by atoms with Gasteiger partial charge in [-0.2, -0.15) is 0 Å². The number of phenols is 1. The maximum atomic E-state index is 11.7. The molecule has 1 aliphatic heterocycles. The van der Waals surface area contributed by atoms with Crippen molar-refractivity contribution in [1.82, 2.24) is 0 Å². The highest BCUT2D eigenvalue weighted by molar-refractivity contribution is 5.94. The third-order valence-electron chi connectivity index (χ3n) is 2.71. The van der Waals surface area contributed by atoms with Gasteiger partial charge in [0.25, 0.3) is 0 Å². The van der Waals surface area contributed by atoms with Gasteiger partial charge in [0.1, 0.15) is 5.75 Å². The van der Waals surface area contributed by atoms with Crippen molar-refractivity contribution < 1.29 is 14.6 Å². The van der Waals surface area contributed by atoms with E-state index in [9.17, 15) is 9.90 Å². The van der Waals surface area contributed by atoms with Gasteiger partial charge in [0.2, 0.25) is 5.91 Å². The Hall–Kier alpha value is -1.55. The molecule has 2 N–H and O–H groups in total. The number of hydrogen-bond donors (Lipinski definition) is 2. The Morgan fingerprint density at radius 3 is 3.00 bits per heavy atom. The number of anilines is 1. The van der Waals surface area contributed by atoms with E-state index in [0.29, 0.717) is 18.9 Å². The number of hydrogen-bond acceptors (Lipinski definition) is 3. The molecular weight excluding hydrogens is 206 g/mol. The van der Waals surface area contributed by atoms with Gasteiger partial charge in [0, 0.05) is 6.61 Å². The molecule has 1 unspecified atom stereocenters. The monoisotopic (exact) mass is 221 g/mol. The molecule has 4 nitrogen and oxygen atoms in total. The molecule has 2 rings (SSSR count). The highest BCUT2D eigenvalue weighted by Gasteiger charge is 2.23. The largest absolute Gasteiger partial charge is 0.506 e. The lowest BCUT2D eigenvalue weighted by molar-refractivity contribution is -0.119. The molecule has 4 heteroatoms. The van der Waals surface area contributed by atoms with E-state index < -0.39 is 0 Å². The summed E-state index contributed by atoms with van der Waals surface area (Å²) in [5.74, 6) is -0.0791. The average molecular weight is 221 g/mol. The molecule has 86 valence electrons. The van der Waals surface area contributed by atoms with Crippen LogP contribution in [0.15, 0.2) is 18.2 Å². The molecule has 0 aromatic heterocycles. The van der Waals surface area contributed by atoms with E-state index >= 15 is 0 Å². The SMILES string of the molecule is Cc1ccc(NC(=O)C2CCOC2)c(O)c1. The van der Waals surface area contributed by atoms with Gasteiger partial charge in [0.15, 0.2) is 0 Å². The van der Waals surface area contributed by atoms with Crippen LogP contribution >= 0.6 is 0 Å². The van der Waals surface area contributed by atoms with Crippen molar-refractivity contribution in [3.8, 4) is 5.75 Å². The molecule has 1 heterocycles. The second kappa shape index (κ2) is 4.53. The van der Waals surface area contributed by atoms with Crippen LogP contribution in [0.5, 0.6) is 5.75 Å². The quantitative estimate of drug-likeness (QED) is 0.747. The van der Waals surface area contributed by atoms with E-state index in [1.807, 2.05) is 13.0 Å². The molecule has 1 fully saturated rings. The van der Waals surface area contributed by atoms with E-state index in [4.69, 9.17) is 4.74 Å². The predicted molar refractivity (Wildman–Crippen MR) is 60.4 cm³/mol. The highest BCUT2D eigenvalue weighted by atomic mass is 16.5. The molecule has 0 bridgehead atoms. The number of nitrogens with one attached hydrogen (secondary N) is 1. The van der Waals surface area contributed by atoms with Crippen LogP contribution < -0.4 is 5.32 Å². The summed E-state index contributed by atoms with van der Waals surface area (Å²) in [6.07, 6.45) is 0.748. The van der Waals surface area contributed by atoms with Crippen molar-refractivity contribution in [2.24, 2.45) is 5.92 Å². The van der Waals surface area contributed by atoms with Crippen molar-refractivity contribution >= 4 is 11.6 Å². The first kappa shape index (κ1) is 11.0. The number of rotatable bonds is 2. The maximum absolute atomic E-state index is 11.7. The molecule has 1 aromatic carbocycles. The lowest BCUT2D eigenvalue weighted by atomic mass is 10.1. The molecule has 1 saturated heterocycles. The summed E-state index contributed by atoms with van der Waals surface area (Å²) in [4.78, 5) is 11.7. The van der Waals surface area contributed by atoms with Crippen molar-refractivity contribution in [2.75, 3.05) is 18.5 Å². The molecule has 1 aromatic rings. The van der Waals surface area contributed by atoms with Crippen LogP contribution in [0.4, 0.5) is 5.69 Å². The molecule has 0 radical (unpaired) electrons. The Kier molecular flexibility index (Phi) is 3.10. The van der Waals surface area contributed by atoms with Crippen LogP contribution in [0.3, 0.4) is 0 Å². The Balaban J connectivity index is 2.05. The fraction of sp³-hybridized carbons (Fsp3) is 0.417. The van der Waals surface area contributed by atoms with Gasteiger partial charge in [-0.1, -0.05) is 6.07 Å². The minimum atomic E-state index is -0.0966. The Morgan fingerprint density at radius 2 is 2.38 bits per heavy atom. The standard InChI is InChI=1S/C12H15NO3/c1-8-2-3-10(11(14)6-8)13-12(15)9-4-5-16-7-9/h2-3,6,9,14H,4-5,7H2,1H3,(H,13,15). The number of aryl methyl sites for hydroxylation is 1. The van der Waals surface area contributed by atoms with Gasteiger partial charge < -0.3 is 15.2 Å². The number of carbonyl (C=O) groups excluding carboxylic acids is 1. The number of phenolic OH excluding ortho intramolecular Hbond substituents is 1. The minimum absolute atomic E-state index is 0.0864. The zero-order valence-corrected chi connectivity index (χ0v) is 9.19. The molecule has 0 aliphatic carbocycles. The lowest BCUT2D eigenvalue weighted by Crippen LogP contribution is -2.22. The summed E-state index contributed by atoms with van der Waals surface area (Å²) in [7, 11) is 0. The Morgan fingerprint density at radius 1 is 1.56 bits per heavy atom. The summed E-state index contributed by atoms with van der Waals surface area (Å²) in [6.45, 7) is 2.99. The molecular formula is C12H15NO3. The molecule has 1 atom stereocenters. The Bertz CT molecular complexity index is 397. The number of aromatic hydroxyl groups is 1. The molecule has 0 spiro atoms. The first-order chi connectivity index (χ1) is 7.66. The molecule has 1 aliphatic rings. The first-order valence-corrected chi connectivity index (χ1v) is 5.35. The van der Waals surface area contributed by atoms with Crippen LogP contribution in [0, 0.1) is 12.8 Å². The van der Waals surface area contributed by atoms with E-state index in [1.54, 1.807) is 12.1 Å². The lowest BCUT2D eigenvalue weighted by Gasteiger charge is -2.10. The summed E-state index contributed by atoms with van der Waals surface area (Å²) in [6, 6.07) is 5.18. The van der Waals surface area contributed by atoms with Crippen LogP contribution in [0.1, 0.15) is 12.0 Å². The second-order valence-electron chi connectivity index (χ2n) is 4.07. The number of amides is 1. The fourth-order valence-corrected chi connectivity index (χ4v) is 1.72. The van der Waals surface area contributed by atoms with Crippen LogP contribution in [-0.2, 0) is 9.53 Å². The van der Waals surface area contributed by atoms with E-state index in [2.05, 4.69) is 5.32 Å². The first-order valence-electron chi connectivity index (χ1n) is 5.35. The minimum Gasteiger partial charge on any atom is -0.506 e. The van der Waals surface area contributed by atoms with Gasteiger partial charge in [0.05, 0.1) is 18.2 Å². The smallest absolute Gasteiger partial charge is 0.230 e. The summed E-state index contributed by atoms with van der Waals surface area (Å²) in [5.41, 5.74) is 1.42. The van der Waals surface area contributed by atoms with Crippen LogP contribution in [0.25, 0.3) is 0 Å². The third kappa shape index (κ3) is 2.33. The van der Waals surface area contributed by atoms with Gasteiger partial charge >= 0.3 is 0 Å². The van der Waals surface area contributed by atoms with Crippen LogP contribution in [-0.4, -0.2) is 24.2 Å². The summed E-state index contributed by atoms with van der Waals surface area (Å²) in [5, 5.41) is 12.3. The zero-order valence-electron chi connectivity index (χ0n) is 9.19. The topological polar surface area (TPSA) is 58.6 Å². The molecule has 16 heavy (non-hydrogen) atoms. The van der Waals surface area contributed by atoms with Gasteiger partial charge in [-0.3, -0.25) is 4.79 Å². The van der Waals surface area contributed by atoms with E-state index in [0.717, 1.165) is 12.0 Å². The average Bonchev–Trinajstić information content (AvgIpc) is 2.75. The summed E-state index contributed by atoms with van der Waals surface area (Å²) < 4.78 is 5.14. The fourth-order valence-electron chi connectivity index (χ4n) is 1.72. The molecule has 0 saturated carbocycles. The number of benzene rings is 1. The van der Waals surface area contributed by atoms with Crippen molar-refractivity contribution in [1.29, 1.82) is 0 Å². The van der Waals surface area contributed by atoms with E-state index in [-0.39, 0.29) is 17.6 Å². The van der Waals surface area contributed by atoms with Crippen molar-refractivity contribution in [2.45, 2.75) is 13.3 Å². The third-order valence-corrected chi connectivity index (χ3v) is 2.71. The van der Waals surface area contributed by atoms with Gasteiger partial charge in [-0.25, -0.2) is 0 Å². The Labute approximate surface area is 94.2 Å². The van der Waals surface area contributed by atoms with Gasteiger partial charge in [-0.05, 0) is 31.0 Å². The maximum Gasteiger partial charge on any atom is 0.230 e. The van der Waals surface area contributed by atoms with Crippen molar-refractivity contribution in [3.63, 3.8) is 0 Å². The second-order valence-corrected chi connectivity index (χ2v) is 4.07. The van der Waals surface area contributed by atoms with E-state index in [1.165, 1.54) is 0 Å². The normalized spacial score (nSPS) is 19.7. The van der Waals surface area contributed by atoms with Gasteiger partial charge in [-0.15, -0.1) is 0 Å². The highest BCUT2D eigenvalue weighted by Crippen LogP contribution is 2.25.